The molecule has 0 saturated carbocycles. The largest absolute Gasteiger partial charge is 0.433 e. The molecule has 0 bridgehead atoms. The van der Waals surface area contributed by atoms with Gasteiger partial charge in [0.15, 0.2) is 0 Å². The normalized spacial score (nSPS) is 22.5. The van der Waals surface area contributed by atoms with Gasteiger partial charge >= 0.3 is 12.2 Å². The van der Waals surface area contributed by atoms with Crippen LogP contribution in [0.4, 0.5) is 18.0 Å². The van der Waals surface area contributed by atoms with Crippen molar-refractivity contribution in [2.75, 3.05) is 26.2 Å². The first-order valence-electron chi connectivity index (χ1n) is 9.62. The molecular formula is C18H24F3N5O2. The second-order valence-electron chi connectivity index (χ2n) is 8.25. The minimum atomic E-state index is -4.42. The number of amides is 3. The van der Waals surface area contributed by atoms with Gasteiger partial charge in [-0.15, -0.1) is 0 Å². The first-order chi connectivity index (χ1) is 13.2. The molecule has 7 nitrogen and oxygen atoms in total. The molecule has 28 heavy (non-hydrogen) atoms. The zero-order chi connectivity index (χ0) is 20.1. The maximum absolute atomic E-state index is 13.1. The third kappa shape index (κ3) is 3.56. The number of rotatable bonds is 2. The van der Waals surface area contributed by atoms with Crippen molar-refractivity contribution >= 4 is 11.9 Å². The van der Waals surface area contributed by atoms with E-state index in [0.717, 1.165) is 17.2 Å². The predicted molar refractivity (Wildman–Crippen MR) is 93.3 cm³/mol. The van der Waals surface area contributed by atoms with Gasteiger partial charge in [-0.3, -0.25) is 9.48 Å². The van der Waals surface area contributed by atoms with Crippen LogP contribution in [0.5, 0.6) is 0 Å². The summed E-state index contributed by atoms with van der Waals surface area (Å²) in [5.41, 5.74) is -0.601. The highest BCUT2D eigenvalue weighted by molar-refractivity contribution is 5.82. The smallest absolute Gasteiger partial charge is 0.347 e. The molecule has 0 radical (unpaired) electrons. The van der Waals surface area contributed by atoms with E-state index in [2.05, 4.69) is 10.4 Å². The molecule has 1 spiro atoms. The van der Waals surface area contributed by atoms with Crippen LogP contribution in [0, 0.1) is 12.8 Å². The number of piperidine rings is 1. The topological polar surface area (TPSA) is 70.5 Å². The number of nitrogens with one attached hydrogen (secondary N) is 1. The monoisotopic (exact) mass is 399 g/mol. The molecule has 3 saturated heterocycles. The Morgan fingerprint density at radius 2 is 1.96 bits per heavy atom. The highest BCUT2D eigenvalue weighted by Crippen LogP contribution is 2.33. The number of alkyl halides is 3. The second-order valence-corrected chi connectivity index (χ2v) is 8.25. The van der Waals surface area contributed by atoms with Gasteiger partial charge in [-0.2, -0.15) is 18.3 Å². The Hall–Kier alpha value is -2.26. The molecule has 0 atom stereocenters. The van der Waals surface area contributed by atoms with Gasteiger partial charge in [0, 0.05) is 39.1 Å². The third-order valence-electron chi connectivity index (χ3n) is 6.00. The number of halogens is 3. The molecule has 3 fully saturated rings. The maximum atomic E-state index is 13.1. The summed E-state index contributed by atoms with van der Waals surface area (Å²) >= 11 is 0. The van der Waals surface area contributed by atoms with Crippen LogP contribution in [-0.2, 0) is 17.5 Å². The number of carbonyl (C=O) groups is 2. The van der Waals surface area contributed by atoms with Crippen molar-refractivity contribution in [1.29, 1.82) is 0 Å². The summed E-state index contributed by atoms with van der Waals surface area (Å²) in [6, 6.07) is 1.02. The molecule has 0 aromatic carbocycles. The summed E-state index contributed by atoms with van der Waals surface area (Å²) in [6.45, 7) is 3.91. The van der Waals surface area contributed by atoms with Crippen LogP contribution in [0.2, 0.25) is 0 Å². The molecule has 154 valence electrons. The molecule has 3 aliphatic heterocycles. The lowest BCUT2D eigenvalue weighted by Gasteiger charge is -2.49. The van der Waals surface area contributed by atoms with Gasteiger partial charge in [0.05, 0.1) is 11.2 Å². The van der Waals surface area contributed by atoms with E-state index >= 15 is 0 Å². The van der Waals surface area contributed by atoms with Crippen molar-refractivity contribution in [3.63, 3.8) is 0 Å². The Morgan fingerprint density at radius 1 is 1.29 bits per heavy atom. The summed E-state index contributed by atoms with van der Waals surface area (Å²) in [5, 5.41) is 6.95. The van der Waals surface area contributed by atoms with Crippen molar-refractivity contribution in [2.45, 2.75) is 50.9 Å². The van der Waals surface area contributed by atoms with Gasteiger partial charge in [0.2, 0.25) is 5.91 Å². The predicted octanol–water partition coefficient (Wildman–Crippen LogP) is 2.01. The quantitative estimate of drug-likeness (QED) is 0.827. The molecule has 0 unspecified atom stereocenters. The number of urea groups is 1. The van der Waals surface area contributed by atoms with Crippen molar-refractivity contribution in [2.24, 2.45) is 5.92 Å². The summed E-state index contributed by atoms with van der Waals surface area (Å²) < 4.78 is 40.4. The van der Waals surface area contributed by atoms with E-state index in [0.29, 0.717) is 51.1 Å². The third-order valence-corrected chi connectivity index (χ3v) is 6.00. The SMILES string of the molecule is Cc1cc(C(F)(F)F)n(CC2CCN(C(=O)N3CC4(CCC(=O)N4)C3)CC2)n1. The van der Waals surface area contributed by atoms with Gasteiger partial charge in [0.25, 0.3) is 0 Å². The van der Waals surface area contributed by atoms with Crippen LogP contribution in [0.1, 0.15) is 37.1 Å². The van der Waals surface area contributed by atoms with Crippen LogP contribution >= 0.6 is 0 Å². The number of aryl methyl sites for hydroxylation is 1. The minimum absolute atomic E-state index is 0.0417. The molecule has 1 N–H and O–H groups in total. The van der Waals surface area contributed by atoms with Crippen LogP contribution < -0.4 is 5.32 Å². The lowest BCUT2D eigenvalue weighted by atomic mass is 9.88. The molecule has 3 aliphatic rings. The zero-order valence-electron chi connectivity index (χ0n) is 15.8. The fraction of sp³-hybridized carbons (Fsp3) is 0.722. The zero-order valence-corrected chi connectivity index (χ0v) is 15.8. The van der Waals surface area contributed by atoms with Crippen LogP contribution in [0.3, 0.4) is 0 Å². The average molecular weight is 399 g/mol. The summed E-state index contributed by atoms with van der Waals surface area (Å²) in [7, 11) is 0. The fourth-order valence-corrected chi connectivity index (χ4v) is 4.49. The van der Waals surface area contributed by atoms with Crippen LogP contribution in [0.25, 0.3) is 0 Å². The number of nitrogens with zero attached hydrogens (tertiary/aromatic N) is 4. The standard InChI is InChI=1S/C18H24F3N5O2/c1-12-8-14(18(19,20)21)26(23-12)9-13-3-6-24(7-4-13)16(28)25-10-17(11-25)5-2-15(27)22-17/h8,13H,2-7,9-11H2,1H3,(H,22,27). The van der Waals surface area contributed by atoms with Gasteiger partial charge < -0.3 is 15.1 Å². The molecular weight excluding hydrogens is 375 g/mol. The Labute approximate surface area is 160 Å². The van der Waals surface area contributed by atoms with Gasteiger partial charge in [-0.25, -0.2) is 4.79 Å². The molecule has 3 amide bonds. The maximum Gasteiger partial charge on any atom is 0.433 e. The van der Waals surface area contributed by atoms with Crippen LogP contribution in [0.15, 0.2) is 6.07 Å². The molecule has 4 rings (SSSR count). The lowest BCUT2D eigenvalue weighted by molar-refractivity contribution is -0.144. The van der Waals surface area contributed by atoms with Gasteiger partial charge in [-0.05, 0) is 38.2 Å². The number of aromatic nitrogens is 2. The number of hydrogen-bond donors (Lipinski definition) is 1. The van der Waals surface area contributed by atoms with Crippen molar-refractivity contribution in [3.05, 3.63) is 17.5 Å². The van der Waals surface area contributed by atoms with E-state index in [1.807, 2.05) is 0 Å². The highest BCUT2D eigenvalue weighted by Gasteiger charge is 2.50. The highest BCUT2D eigenvalue weighted by atomic mass is 19.4. The van der Waals surface area contributed by atoms with Gasteiger partial charge in [-0.1, -0.05) is 0 Å². The Bertz CT molecular complexity index is 777. The van der Waals surface area contributed by atoms with Gasteiger partial charge in [0.1, 0.15) is 5.69 Å². The van der Waals surface area contributed by atoms with E-state index in [1.54, 1.807) is 16.7 Å². The molecule has 1 aromatic rings. The lowest BCUT2D eigenvalue weighted by Crippen LogP contribution is -2.70. The Morgan fingerprint density at radius 3 is 2.54 bits per heavy atom. The number of likely N-dealkylation sites (tertiary alicyclic amines) is 2. The summed E-state index contributed by atoms with van der Waals surface area (Å²) in [5.74, 6) is 0.0984. The van der Waals surface area contributed by atoms with E-state index in [9.17, 15) is 22.8 Å². The molecule has 1 aromatic heterocycles. The molecule has 0 aliphatic carbocycles. The minimum Gasteiger partial charge on any atom is -0.347 e. The van der Waals surface area contributed by atoms with Crippen LogP contribution in [-0.4, -0.2) is 63.2 Å². The average Bonchev–Trinajstić information content (AvgIpc) is 3.16. The van der Waals surface area contributed by atoms with E-state index in [-0.39, 0.29) is 29.9 Å². The van der Waals surface area contributed by atoms with Crippen molar-refractivity contribution < 1.29 is 22.8 Å². The number of carbonyl (C=O) groups excluding carboxylic acids is 2. The second kappa shape index (κ2) is 6.66. The van der Waals surface area contributed by atoms with E-state index in [4.69, 9.17) is 0 Å². The number of hydrogen-bond acceptors (Lipinski definition) is 3. The first-order valence-corrected chi connectivity index (χ1v) is 9.62. The van der Waals surface area contributed by atoms with E-state index in [1.165, 1.54) is 0 Å². The Kier molecular flexibility index (Phi) is 4.54. The van der Waals surface area contributed by atoms with E-state index < -0.39 is 11.9 Å². The molecule has 10 heteroatoms. The summed E-state index contributed by atoms with van der Waals surface area (Å²) in [4.78, 5) is 27.5. The fourth-order valence-electron chi connectivity index (χ4n) is 4.49. The summed E-state index contributed by atoms with van der Waals surface area (Å²) in [6.07, 6.45) is -1.83. The molecule has 4 heterocycles. The van der Waals surface area contributed by atoms with Crippen molar-refractivity contribution in [3.8, 4) is 0 Å². The van der Waals surface area contributed by atoms with Crippen molar-refractivity contribution in [1.82, 2.24) is 24.9 Å². The first kappa shape index (κ1) is 19.1. The Balaban J connectivity index is 1.29.